The Balaban J connectivity index is 1.54. The Bertz CT molecular complexity index is 1170. The van der Waals surface area contributed by atoms with Gasteiger partial charge in [-0.25, -0.2) is 0 Å². The van der Waals surface area contributed by atoms with Gasteiger partial charge in [-0.15, -0.1) is 10.2 Å². The Hall–Kier alpha value is -3.58. The number of hydrogen-bond donors (Lipinski definition) is 0. The molecule has 0 atom stereocenters. The van der Waals surface area contributed by atoms with Crippen LogP contribution >= 0.6 is 11.8 Å². The first-order valence-corrected chi connectivity index (χ1v) is 11.1. The lowest BCUT2D eigenvalue weighted by atomic mass is 10.1. The second-order valence-electron chi connectivity index (χ2n) is 7.11. The molecule has 162 valence electrons. The number of carbonyl (C=O) groups is 1. The summed E-state index contributed by atoms with van der Waals surface area (Å²) < 4.78 is 13.0. The van der Waals surface area contributed by atoms with E-state index in [1.807, 2.05) is 66.1 Å². The summed E-state index contributed by atoms with van der Waals surface area (Å²) in [5.74, 6) is 2.40. The SMILES string of the molecule is COc1ccc(C(=O)CSc2nnc(COc3ccccc3)n2-c2ccc(C)cc2)cc1. The Kier molecular flexibility index (Phi) is 6.87. The van der Waals surface area contributed by atoms with Crippen LogP contribution in [-0.2, 0) is 6.61 Å². The Morgan fingerprint density at radius 1 is 0.906 bits per heavy atom. The average molecular weight is 446 g/mol. The quantitative estimate of drug-likeness (QED) is 0.263. The number of rotatable bonds is 9. The van der Waals surface area contributed by atoms with Gasteiger partial charge in [-0.2, -0.15) is 0 Å². The standard InChI is InChI=1S/C25H23N3O3S/c1-18-8-12-20(13-9-18)28-24(16-31-22-6-4-3-5-7-22)26-27-25(28)32-17-23(29)19-10-14-21(30-2)15-11-19/h3-15H,16-17H2,1-2H3. The van der Waals surface area contributed by atoms with E-state index in [1.165, 1.54) is 11.8 Å². The van der Waals surface area contributed by atoms with Crippen molar-refractivity contribution in [1.29, 1.82) is 0 Å². The van der Waals surface area contributed by atoms with Crippen molar-refractivity contribution in [3.63, 3.8) is 0 Å². The van der Waals surface area contributed by atoms with Crippen molar-refractivity contribution >= 4 is 17.5 Å². The molecular weight excluding hydrogens is 422 g/mol. The van der Waals surface area contributed by atoms with Crippen molar-refractivity contribution in [1.82, 2.24) is 14.8 Å². The highest BCUT2D eigenvalue weighted by Crippen LogP contribution is 2.24. The number of methoxy groups -OCH3 is 1. The van der Waals surface area contributed by atoms with Crippen LogP contribution in [0.1, 0.15) is 21.7 Å². The summed E-state index contributed by atoms with van der Waals surface area (Å²) >= 11 is 1.35. The van der Waals surface area contributed by atoms with Crippen LogP contribution in [0.2, 0.25) is 0 Å². The zero-order valence-corrected chi connectivity index (χ0v) is 18.7. The van der Waals surface area contributed by atoms with Crippen LogP contribution < -0.4 is 9.47 Å². The number of Topliss-reactive ketones (excluding diaryl/α,β-unsaturated/α-hetero) is 1. The smallest absolute Gasteiger partial charge is 0.196 e. The number of aromatic nitrogens is 3. The molecule has 1 heterocycles. The van der Waals surface area contributed by atoms with Crippen molar-refractivity contribution in [2.45, 2.75) is 18.7 Å². The van der Waals surface area contributed by atoms with Crippen molar-refractivity contribution in [2.24, 2.45) is 0 Å². The second kappa shape index (κ2) is 10.2. The fourth-order valence-electron chi connectivity index (χ4n) is 3.10. The molecule has 1 aromatic heterocycles. The number of ether oxygens (including phenoxy) is 2. The Labute approximate surface area is 191 Å². The van der Waals surface area contributed by atoms with E-state index in [0.717, 1.165) is 22.7 Å². The van der Waals surface area contributed by atoms with Gasteiger partial charge in [0.2, 0.25) is 0 Å². The highest BCUT2D eigenvalue weighted by molar-refractivity contribution is 7.99. The van der Waals surface area contributed by atoms with Crippen LogP contribution in [0.25, 0.3) is 5.69 Å². The third-order valence-corrected chi connectivity index (χ3v) is 5.78. The lowest BCUT2D eigenvalue weighted by Gasteiger charge is -2.11. The van der Waals surface area contributed by atoms with Crippen LogP contribution in [0, 0.1) is 6.92 Å². The lowest BCUT2D eigenvalue weighted by Crippen LogP contribution is -2.08. The maximum absolute atomic E-state index is 12.7. The second-order valence-corrected chi connectivity index (χ2v) is 8.05. The third kappa shape index (κ3) is 5.18. The fourth-order valence-corrected chi connectivity index (χ4v) is 3.96. The van der Waals surface area contributed by atoms with E-state index in [1.54, 1.807) is 31.4 Å². The van der Waals surface area contributed by atoms with E-state index in [0.29, 0.717) is 16.5 Å². The Morgan fingerprint density at radius 3 is 2.31 bits per heavy atom. The number of nitrogens with zero attached hydrogens (tertiary/aromatic N) is 3. The third-order valence-electron chi connectivity index (χ3n) is 4.85. The zero-order chi connectivity index (χ0) is 22.3. The summed E-state index contributed by atoms with van der Waals surface area (Å²) in [6.07, 6.45) is 0. The van der Waals surface area contributed by atoms with E-state index in [-0.39, 0.29) is 18.1 Å². The monoisotopic (exact) mass is 445 g/mol. The van der Waals surface area contributed by atoms with Gasteiger partial charge in [0, 0.05) is 11.3 Å². The van der Waals surface area contributed by atoms with Crippen LogP contribution in [-0.4, -0.2) is 33.4 Å². The van der Waals surface area contributed by atoms with Crippen LogP contribution in [0.3, 0.4) is 0 Å². The molecule has 0 aliphatic carbocycles. The zero-order valence-electron chi connectivity index (χ0n) is 17.9. The van der Waals surface area contributed by atoms with Crippen LogP contribution in [0.5, 0.6) is 11.5 Å². The largest absolute Gasteiger partial charge is 0.497 e. The molecule has 0 bridgehead atoms. The van der Waals surface area contributed by atoms with Gasteiger partial charge in [-0.1, -0.05) is 47.7 Å². The Morgan fingerprint density at radius 2 is 1.62 bits per heavy atom. The molecule has 0 aliphatic rings. The summed E-state index contributed by atoms with van der Waals surface area (Å²) in [7, 11) is 1.60. The van der Waals surface area contributed by atoms with E-state index in [4.69, 9.17) is 9.47 Å². The topological polar surface area (TPSA) is 66.2 Å². The van der Waals surface area contributed by atoms with Gasteiger partial charge in [0.1, 0.15) is 18.1 Å². The molecular formula is C25H23N3O3S. The van der Waals surface area contributed by atoms with Crippen molar-refractivity contribution in [2.75, 3.05) is 12.9 Å². The highest BCUT2D eigenvalue weighted by Gasteiger charge is 2.17. The van der Waals surface area contributed by atoms with E-state index in [2.05, 4.69) is 10.2 Å². The number of benzene rings is 3. The normalized spacial score (nSPS) is 10.7. The van der Waals surface area contributed by atoms with Crippen molar-refractivity contribution in [3.05, 3.63) is 95.8 Å². The summed E-state index contributed by atoms with van der Waals surface area (Å²) in [5.41, 5.74) is 2.71. The van der Waals surface area contributed by atoms with E-state index in [9.17, 15) is 4.79 Å². The maximum atomic E-state index is 12.7. The van der Waals surface area contributed by atoms with Gasteiger partial charge < -0.3 is 9.47 Å². The number of aryl methyl sites for hydroxylation is 1. The predicted molar refractivity (Wildman–Crippen MR) is 125 cm³/mol. The summed E-state index contributed by atoms with van der Waals surface area (Å²) in [5, 5.41) is 9.33. The molecule has 0 fully saturated rings. The number of hydrogen-bond acceptors (Lipinski definition) is 6. The molecule has 0 unspecified atom stereocenters. The van der Waals surface area contributed by atoms with Crippen LogP contribution in [0.4, 0.5) is 0 Å². The van der Waals surface area contributed by atoms with Gasteiger partial charge in [-0.3, -0.25) is 9.36 Å². The molecule has 6 nitrogen and oxygen atoms in total. The molecule has 32 heavy (non-hydrogen) atoms. The van der Waals surface area contributed by atoms with E-state index < -0.39 is 0 Å². The molecule has 3 aromatic carbocycles. The van der Waals surface area contributed by atoms with E-state index >= 15 is 0 Å². The number of carbonyl (C=O) groups excluding carboxylic acids is 1. The molecule has 0 radical (unpaired) electrons. The molecule has 0 saturated carbocycles. The summed E-state index contributed by atoms with van der Waals surface area (Å²) in [6.45, 7) is 2.30. The lowest BCUT2D eigenvalue weighted by molar-refractivity contribution is 0.102. The molecule has 0 aliphatic heterocycles. The summed E-state index contributed by atoms with van der Waals surface area (Å²) in [4.78, 5) is 12.7. The first kappa shape index (κ1) is 21.6. The molecule has 4 rings (SSSR count). The van der Waals surface area contributed by atoms with Gasteiger partial charge in [0.25, 0.3) is 0 Å². The highest BCUT2D eigenvalue weighted by atomic mass is 32.2. The van der Waals surface area contributed by atoms with Crippen LogP contribution in [0.15, 0.2) is 84.0 Å². The minimum atomic E-state index is 0.0122. The molecule has 4 aromatic rings. The van der Waals surface area contributed by atoms with Gasteiger partial charge in [0.05, 0.1) is 12.9 Å². The fraction of sp³-hybridized carbons (Fsp3) is 0.160. The molecule has 0 saturated heterocycles. The minimum Gasteiger partial charge on any atom is -0.497 e. The van der Waals surface area contributed by atoms with Gasteiger partial charge >= 0.3 is 0 Å². The van der Waals surface area contributed by atoms with Crippen molar-refractivity contribution < 1.29 is 14.3 Å². The molecule has 0 N–H and O–H groups in total. The average Bonchev–Trinajstić information content (AvgIpc) is 3.25. The molecule has 7 heteroatoms. The number of thioether (sulfide) groups is 1. The van der Waals surface area contributed by atoms with Gasteiger partial charge in [0.15, 0.2) is 16.8 Å². The minimum absolute atomic E-state index is 0.0122. The predicted octanol–water partition coefficient (Wildman–Crippen LogP) is 5.14. The number of ketones is 1. The number of para-hydroxylation sites is 1. The maximum Gasteiger partial charge on any atom is 0.196 e. The van der Waals surface area contributed by atoms with Gasteiger partial charge in [-0.05, 0) is 55.5 Å². The first-order chi connectivity index (χ1) is 15.6. The first-order valence-electron chi connectivity index (χ1n) is 10.1. The van der Waals surface area contributed by atoms with Crippen molar-refractivity contribution in [3.8, 4) is 17.2 Å². The molecule has 0 spiro atoms. The molecule has 0 amide bonds. The summed E-state index contributed by atoms with van der Waals surface area (Å²) in [6, 6.07) is 24.8.